The number of rotatable bonds is 1. The second-order valence-electron chi connectivity index (χ2n) is 5.24. The largest absolute Gasteiger partial charge is 1.00 e. The van der Waals surface area contributed by atoms with Crippen molar-refractivity contribution in [2.24, 2.45) is 5.41 Å². The molecule has 2 aliphatic heterocycles. The van der Waals surface area contributed by atoms with Crippen LogP contribution in [0.3, 0.4) is 0 Å². The van der Waals surface area contributed by atoms with E-state index in [-0.39, 0.29) is 30.3 Å². The first-order chi connectivity index (χ1) is 9.15. The van der Waals surface area contributed by atoms with Gasteiger partial charge in [0.1, 0.15) is 0 Å². The summed E-state index contributed by atoms with van der Waals surface area (Å²) in [6, 6.07) is 5.31. The Balaban J connectivity index is 0.00000147. The Bertz CT molecular complexity index is 522. The van der Waals surface area contributed by atoms with Crippen molar-refractivity contribution in [1.82, 2.24) is 4.90 Å². The van der Waals surface area contributed by atoms with Gasteiger partial charge in [0.25, 0.3) is 5.69 Å². The van der Waals surface area contributed by atoms with Gasteiger partial charge in [-0.15, -0.1) is 0 Å². The van der Waals surface area contributed by atoms with Crippen LogP contribution in [-0.2, 0) is 9.53 Å². The molecule has 0 bridgehead atoms. The number of esters is 1. The predicted molar refractivity (Wildman–Crippen MR) is 66.1 cm³/mol. The Morgan fingerprint density at radius 1 is 1.45 bits per heavy atom. The number of pyridine rings is 1. The molecule has 3 heterocycles. The molecular weight excluding hydrogens is 280 g/mol. The first-order valence-corrected chi connectivity index (χ1v) is 6.60. The molecule has 20 heavy (non-hydrogen) atoms. The molecule has 5 nitrogen and oxygen atoms in total. The number of aromatic amines is 1. The number of carbonyl (C=O) groups is 2. The molecule has 6 heteroatoms. The number of halogens is 1. The number of likely N-dealkylation sites (tertiary alicyclic amines) is 1. The third-order valence-electron chi connectivity index (χ3n) is 4.45. The molecule has 0 saturated carbocycles. The third kappa shape index (κ3) is 2.06. The van der Waals surface area contributed by atoms with Gasteiger partial charge in [-0.1, -0.05) is 0 Å². The Labute approximate surface area is 123 Å². The number of H-pyrrole nitrogens is 1. The molecule has 0 unspecified atom stereocenters. The minimum Gasteiger partial charge on any atom is -1.00 e. The van der Waals surface area contributed by atoms with Crippen LogP contribution in [0.1, 0.15) is 30.3 Å². The molecule has 1 amide bonds. The Kier molecular flexibility index (Phi) is 3.99. The minimum atomic E-state index is -0.482. The second kappa shape index (κ2) is 5.40. The van der Waals surface area contributed by atoms with Gasteiger partial charge < -0.3 is 22.0 Å². The SMILES string of the molecule is C[C@@H]1N(C(=O)c2cccc[nH+]2)CC[C@]12CCOC2=O.[Cl-]. The maximum Gasteiger partial charge on any atom is 0.318 e. The summed E-state index contributed by atoms with van der Waals surface area (Å²) in [5, 5.41) is 0. The Morgan fingerprint density at radius 2 is 2.25 bits per heavy atom. The van der Waals surface area contributed by atoms with Crippen LogP contribution in [0.4, 0.5) is 0 Å². The van der Waals surface area contributed by atoms with Crippen LogP contribution >= 0.6 is 0 Å². The lowest BCUT2D eigenvalue weighted by atomic mass is 9.80. The predicted octanol–water partition coefficient (Wildman–Crippen LogP) is -2.33. The van der Waals surface area contributed by atoms with Gasteiger partial charge in [-0.2, -0.15) is 0 Å². The van der Waals surface area contributed by atoms with Gasteiger partial charge in [-0.3, -0.25) is 9.59 Å². The van der Waals surface area contributed by atoms with Crippen molar-refractivity contribution in [2.75, 3.05) is 13.2 Å². The van der Waals surface area contributed by atoms with Crippen molar-refractivity contribution >= 4 is 11.9 Å². The van der Waals surface area contributed by atoms with Crippen LogP contribution in [0.15, 0.2) is 24.4 Å². The van der Waals surface area contributed by atoms with Crippen molar-refractivity contribution in [2.45, 2.75) is 25.8 Å². The molecule has 0 radical (unpaired) electrons. The zero-order valence-electron chi connectivity index (χ0n) is 11.3. The number of nitrogens with zero attached hydrogens (tertiary/aromatic N) is 1. The highest BCUT2D eigenvalue weighted by atomic mass is 35.5. The molecule has 1 aromatic rings. The summed E-state index contributed by atoms with van der Waals surface area (Å²) in [5.41, 5.74) is 0.0718. The second-order valence-corrected chi connectivity index (χ2v) is 5.24. The van der Waals surface area contributed by atoms with Gasteiger partial charge in [0, 0.05) is 24.7 Å². The zero-order chi connectivity index (χ0) is 13.5. The van der Waals surface area contributed by atoms with E-state index in [9.17, 15) is 9.59 Å². The highest BCUT2D eigenvalue weighted by Gasteiger charge is 2.56. The lowest BCUT2D eigenvalue weighted by Crippen LogP contribution is -3.00. The van der Waals surface area contributed by atoms with Gasteiger partial charge in [-0.05, 0) is 25.8 Å². The fourth-order valence-corrected chi connectivity index (χ4v) is 3.16. The summed E-state index contributed by atoms with van der Waals surface area (Å²) in [7, 11) is 0. The summed E-state index contributed by atoms with van der Waals surface area (Å²) < 4.78 is 5.11. The maximum atomic E-state index is 12.4. The standard InChI is InChI=1S/C14H16N2O3.ClH/c1-10-14(6-9-19-13(14)18)5-8-16(10)12(17)11-4-2-3-7-15-11;/h2-4,7,10H,5-6,8-9H2,1H3;1H/t10-,14-;/m0./s1. The van der Waals surface area contributed by atoms with E-state index >= 15 is 0 Å². The summed E-state index contributed by atoms with van der Waals surface area (Å²) in [6.45, 7) is 3.03. The number of hydrogen-bond donors (Lipinski definition) is 0. The molecule has 0 aliphatic carbocycles. The topological polar surface area (TPSA) is 60.8 Å². The summed E-state index contributed by atoms with van der Waals surface area (Å²) >= 11 is 0. The van der Waals surface area contributed by atoms with E-state index in [2.05, 4.69) is 4.98 Å². The molecule has 0 aromatic carbocycles. The summed E-state index contributed by atoms with van der Waals surface area (Å²) in [6.07, 6.45) is 3.15. The molecular formula is C14H17ClN2O3. The maximum absolute atomic E-state index is 12.4. The fourth-order valence-electron chi connectivity index (χ4n) is 3.16. The minimum absolute atomic E-state index is 0. The molecule has 1 spiro atoms. The molecule has 108 valence electrons. The number of cyclic esters (lactones) is 1. The first kappa shape index (κ1) is 14.8. The fraction of sp³-hybridized carbons (Fsp3) is 0.500. The van der Waals surface area contributed by atoms with Crippen molar-refractivity contribution < 1.29 is 31.7 Å². The Morgan fingerprint density at radius 3 is 2.85 bits per heavy atom. The lowest BCUT2D eigenvalue weighted by Gasteiger charge is -2.27. The molecule has 2 aliphatic rings. The zero-order valence-corrected chi connectivity index (χ0v) is 12.0. The van der Waals surface area contributed by atoms with E-state index in [0.717, 1.165) is 6.42 Å². The molecule has 3 rings (SSSR count). The highest BCUT2D eigenvalue weighted by Crippen LogP contribution is 2.44. The van der Waals surface area contributed by atoms with Crippen molar-refractivity contribution in [3.05, 3.63) is 30.1 Å². The van der Waals surface area contributed by atoms with Gasteiger partial charge in [0.2, 0.25) is 0 Å². The van der Waals surface area contributed by atoms with E-state index in [1.54, 1.807) is 17.2 Å². The number of nitrogens with one attached hydrogen (secondary N) is 1. The summed E-state index contributed by atoms with van der Waals surface area (Å²) in [5.74, 6) is -0.197. The van der Waals surface area contributed by atoms with Gasteiger partial charge in [0.15, 0.2) is 6.20 Å². The number of amides is 1. The quantitative estimate of drug-likeness (QED) is 0.546. The van der Waals surface area contributed by atoms with E-state index in [1.165, 1.54) is 0 Å². The van der Waals surface area contributed by atoms with E-state index in [4.69, 9.17) is 4.74 Å². The average molecular weight is 297 g/mol. The number of ether oxygens (including phenoxy) is 1. The Hall–Kier alpha value is -1.62. The van der Waals surface area contributed by atoms with Gasteiger partial charge in [-0.25, -0.2) is 4.98 Å². The van der Waals surface area contributed by atoms with Crippen molar-refractivity contribution in [1.29, 1.82) is 0 Å². The molecule has 2 saturated heterocycles. The van der Waals surface area contributed by atoms with E-state index in [1.807, 2.05) is 19.1 Å². The van der Waals surface area contributed by atoms with Crippen molar-refractivity contribution in [3.63, 3.8) is 0 Å². The monoisotopic (exact) mass is 296 g/mol. The first-order valence-electron chi connectivity index (χ1n) is 6.60. The smallest absolute Gasteiger partial charge is 0.318 e. The number of carbonyl (C=O) groups excluding carboxylic acids is 2. The van der Waals surface area contributed by atoms with Gasteiger partial charge in [0.05, 0.1) is 12.0 Å². The highest BCUT2D eigenvalue weighted by molar-refractivity contribution is 5.92. The number of hydrogen-bond acceptors (Lipinski definition) is 3. The third-order valence-corrected chi connectivity index (χ3v) is 4.45. The van der Waals surface area contributed by atoms with Crippen LogP contribution in [0, 0.1) is 5.41 Å². The average Bonchev–Trinajstić information content (AvgIpc) is 2.97. The van der Waals surface area contributed by atoms with Crippen LogP contribution in [0.5, 0.6) is 0 Å². The van der Waals surface area contributed by atoms with Gasteiger partial charge >= 0.3 is 11.9 Å². The normalized spacial score (nSPS) is 28.4. The molecule has 2 fully saturated rings. The summed E-state index contributed by atoms with van der Waals surface area (Å²) in [4.78, 5) is 29.1. The molecule has 1 aromatic heterocycles. The van der Waals surface area contributed by atoms with E-state index in [0.29, 0.717) is 25.3 Å². The van der Waals surface area contributed by atoms with Crippen LogP contribution in [0.25, 0.3) is 0 Å². The molecule has 1 N–H and O–H groups in total. The molecule has 2 atom stereocenters. The van der Waals surface area contributed by atoms with E-state index < -0.39 is 5.41 Å². The van der Waals surface area contributed by atoms with Crippen LogP contribution < -0.4 is 17.4 Å². The van der Waals surface area contributed by atoms with Crippen molar-refractivity contribution in [3.8, 4) is 0 Å². The van der Waals surface area contributed by atoms with Crippen LogP contribution in [0.2, 0.25) is 0 Å². The lowest BCUT2D eigenvalue weighted by molar-refractivity contribution is -0.382. The number of aromatic nitrogens is 1. The van der Waals surface area contributed by atoms with Crippen LogP contribution in [-0.4, -0.2) is 36.0 Å².